The first-order valence-electron chi connectivity index (χ1n) is 5.95. The van der Waals surface area contributed by atoms with E-state index in [4.69, 9.17) is 5.73 Å². The van der Waals surface area contributed by atoms with E-state index in [-0.39, 0.29) is 29.9 Å². The van der Waals surface area contributed by atoms with Crippen LogP contribution in [0.5, 0.6) is 0 Å². The number of carbonyl (C=O) groups is 2. The molecule has 0 bridgehead atoms. The normalized spacial score (nSPS) is 13.6. The fourth-order valence-corrected chi connectivity index (χ4v) is 1.55. The molecular formula is C11H13N5O4. The van der Waals surface area contributed by atoms with Crippen molar-refractivity contribution in [2.24, 2.45) is 0 Å². The number of rotatable bonds is 5. The highest BCUT2D eigenvalue weighted by Crippen LogP contribution is 2.19. The molecule has 9 nitrogen and oxygen atoms in total. The van der Waals surface area contributed by atoms with Crippen LogP contribution in [0.25, 0.3) is 0 Å². The summed E-state index contributed by atoms with van der Waals surface area (Å²) in [7, 11) is 0. The van der Waals surface area contributed by atoms with E-state index in [2.05, 4.69) is 15.6 Å². The van der Waals surface area contributed by atoms with Crippen molar-refractivity contribution in [1.29, 1.82) is 0 Å². The summed E-state index contributed by atoms with van der Waals surface area (Å²) < 4.78 is 0. The largest absolute Gasteiger partial charge is 0.384 e. The van der Waals surface area contributed by atoms with Crippen LogP contribution in [0.2, 0.25) is 0 Å². The molecule has 0 aromatic carbocycles. The van der Waals surface area contributed by atoms with Crippen molar-refractivity contribution >= 4 is 23.3 Å². The van der Waals surface area contributed by atoms with Crippen LogP contribution in [0.3, 0.4) is 0 Å². The number of nitrogen functional groups attached to an aromatic ring is 1. The second-order valence-corrected chi connectivity index (χ2v) is 4.41. The Labute approximate surface area is 113 Å². The molecule has 2 rings (SSSR count). The number of nitrogens with zero attached hydrogens (tertiary/aromatic N) is 2. The van der Waals surface area contributed by atoms with Gasteiger partial charge in [-0.2, -0.15) is 0 Å². The van der Waals surface area contributed by atoms with Crippen LogP contribution in [0.1, 0.15) is 23.2 Å². The lowest BCUT2D eigenvalue weighted by atomic mass is 10.2. The number of amides is 2. The Morgan fingerprint density at radius 2 is 2.20 bits per heavy atom. The number of pyridine rings is 1. The van der Waals surface area contributed by atoms with Crippen molar-refractivity contribution in [3.05, 3.63) is 27.9 Å². The summed E-state index contributed by atoms with van der Waals surface area (Å²) in [5.74, 6) is -1.08. The average molecular weight is 279 g/mol. The van der Waals surface area contributed by atoms with Gasteiger partial charge in [0.1, 0.15) is 17.6 Å². The van der Waals surface area contributed by atoms with Gasteiger partial charge in [-0.15, -0.1) is 0 Å². The summed E-state index contributed by atoms with van der Waals surface area (Å²) in [6.07, 6.45) is 2.78. The third-order valence-electron chi connectivity index (χ3n) is 2.70. The Hall–Kier alpha value is -2.71. The first kappa shape index (κ1) is 13.7. The topological polar surface area (TPSA) is 140 Å². The zero-order valence-electron chi connectivity index (χ0n) is 10.5. The second-order valence-electron chi connectivity index (χ2n) is 4.41. The van der Waals surface area contributed by atoms with Gasteiger partial charge in [0.25, 0.3) is 11.6 Å². The smallest absolute Gasteiger partial charge is 0.300 e. The van der Waals surface area contributed by atoms with Gasteiger partial charge in [0.15, 0.2) is 0 Å². The van der Waals surface area contributed by atoms with Gasteiger partial charge in [0.05, 0.1) is 11.5 Å². The molecule has 20 heavy (non-hydrogen) atoms. The molecule has 2 amide bonds. The Morgan fingerprint density at radius 1 is 1.50 bits per heavy atom. The molecule has 1 saturated carbocycles. The van der Waals surface area contributed by atoms with E-state index < -0.39 is 16.5 Å². The first-order chi connectivity index (χ1) is 9.47. The maximum Gasteiger partial charge on any atom is 0.300 e. The fraction of sp³-hybridized carbons (Fsp3) is 0.364. The van der Waals surface area contributed by atoms with Crippen molar-refractivity contribution in [3.63, 3.8) is 0 Å². The van der Waals surface area contributed by atoms with Crippen molar-refractivity contribution in [2.45, 2.75) is 18.9 Å². The number of hydrogen-bond donors (Lipinski definition) is 3. The molecule has 1 fully saturated rings. The van der Waals surface area contributed by atoms with Gasteiger partial charge >= 0.3 is 0 Å². The minimum atomic E-state index is -0.739. The molecular weight excluding hydrogens is 266 g/mol. The van der Waals surface area contributed by atoms with Gasteiger partial charge < -0.3 is 16.4 Å². The molecule has 1 heterocycles. The lowest BCUT2D eigenvalue weighted by molar-refractivity contribution is -0.385. The lowest BCUT2D eigenvalue weighted by Crippen LogP contribution is -2.38. The maximum absolute atomic E-state index is 11.8. The molecule has 1 aromatic rings. The van der Waals surface area contributed by atoms with Gasteiger partial charge in [-0.1, -0.05) is 0 Å². The molecule has 9 heteroatoms. The highest BCUT2D eigenvalue weighted by Gasteiger charge is 2.24. The van der Waals surface area contributed by atoms with Gasteiger partial charge in [-0.05, 0) is 18.9 Å². The molecule has 106 valence electrons. The highest BCUT2D eigenvalue weighted by atomic mass is 16.6. The molecule has 0 saturated heterocycles. The van der Waals surface area contributed by atoms with Crippen LogP contribution in [-0.2, 0) is 4.79 Å². The molecule has 0 radical (unpaired) electrons. The first-order valence-corrected chi connectivity index (χ1v) is 5.95. The fourth-order valence-electron chi connectivity index (χ4n) is 1.55. The standard InChI is InChI=1S/C11H13N5O4/c12-9-3-7(8(4-13-9)16(19)20)11(18)14-5-10(17)15-6-1-2-6/h3-4,6H,1-2,5H2,(H2,12,13)(H,14,18)(H,15,17). The third kappa shape index (κ3) is 3.40. The highest BCUT2D eigenvalue weighted by molar-refractivity contribution is 6.00. The van der Waals surface area contributed by atoms with Crippen LogP contribution in [0, 0.1) is 10.1 Å². The monoisotopic (exact) mass is 279 g/mol. The minimum Gasteiger partial charge on any atom is -0.384 e. The van der Waals surface area contributed by atoms with E-state index in [1.807, 2.05) is 0 Å². The Morgan fingerprint density at radius 3 is 2.80 bits per heavy atom. The van der Waals surface area contributed by atoms with E-state index in [1.54, 1.807) is 0 Å². The Bertz CT molecular complexity index is 570. The van der Waals surface area contributed by atoms with E-state index in [0.29, 0.717) is 0 Å². The van der Waals surface area contributed by atoms with Crippen LogP contribution < -0.4 is 16.4 Å². The third-order valence-corrected chi connectivity index (χ3v) is 2.70. The van der Waals surface area contributed by atoms with E-state index in [0.717, 1.165) is 25.1 Å². The molecule has 0 unspecified atom stereocenters. The Kier molecular flexibility index (Phi) is 3.78. The van der Waals surface area contributed by atoms with E-state index >= 15 is 0 Å². The molecule has 0 atom stereocenters. The zero-order valence-corrected chi connectivity index (χ0v) is 10.5. The van der Waals surface area contributed by atoms with E-state index in [1.165, 1.54) is 0 Å². The van der Waals surface area contributed by atoms with E-state index in [9.17, 15) is 19.7 Å². The number of aromatic nitrogens is 1. The molecule has 1 aromatic heterocycles. The molecule has 1 aliphatic carbocycles. The summed E-state index contributed by atoms with van der Waals surface area (Å²) in [6, 6.07) is 1.29. The van der Waals surface area contributed by atoms with Crippen molar-refractivity contribution in [3.8, 4) is 0 Å². The number of nitrogens with one attached hydrogen (secondary N) is 2. The average Bonchev–Trinajstić information content (AvgIpc) is 3.19. The van der Waals surface area contributed by atoms with Gasteiger partial charge in [0.2, 0.25) is 5.91 Å². The number of carbonyl (C=O) groups excluding carboxylic acids is 2. The quantitative estimate of drug-likeness (QED) is 0.494. The Balaban J connectivity index is 2.02. The molecule has 0 aliphatic heterocycles. The summed E-state index contributed by atoms with van der Waals surface area (Å²) in [6.45, 7) is -0.241. The van der Waals surface area contributed by atoms with Crippen molar-refractivity contribution < 1.29 is 14.5 Å². The molecule has 0 spiro atoms. The van der Waals surface area contributed by atoms with Gasteiger partial charge in [-0.3, -0.25) is 19.7 Å². The van der Waals surface area contributed by atoms with Crippen LogP contribution in [0.4, 0.5) is 11.5 Å². The second kappa shape index (κ2) is 5.51. The minimum absolute atomic E-state index is 0.0109. The zero-order chi connectivity index (χ0) is 14.7. The summed E-state index contributed by atoms with van der Waals surface area (Å²) >= 11 is 0. The number of anilines is 1. The molecule has 1 aliphatic rings. The number of hydrogen-bond acceptors (Lipinski definition) is 6. The maximum atomic E-state index is 11.8. The van der Waals surface area contributed by atoms with Gasteiger partial charge in [0, 0.05) is 6.04 Å². The molecule has 4 N–H and O–H groups in total. The lowest BCUT2D eigenvalue weighted by Gasteiger charge is -2.06. The number of nitrogens with two attached hydrogens (primary N) is 1. The van der Waals surface area contributed by atoms with Crippen molar-refractivity contribution in [2.75, 3.05) is 12.3 Å². The summed E-state index contributed by atoms with van der Waals surface area (Å²) in [4.78, 5) is 36.9. The SMILES string of the molecule is Nc1cc(C(=O)NCC(=O)NC2CC2)c([N+](=O)[O-])cn1. The van der Waals surface area contributed by atoms with Gasteiger partial charge in [-0.25, -0.2) is 4.98 Å². The predicted molar refractivity (Wildman–Crippen MR) is 68.8 cm³/mol. The van der Waals surface area contributed by atoms with Crippen LogP contribution >= 0.6 is 0 Å². The van der Waals surface area contributed by atoms with Crippen LogP contribution in [-0.4, -0.2) is 34.3 Å². The van der Waals surface area contributed by atoms with Crippen LogP contribution in [0.15, 0.2) is 12.3 Å². The number of nitro groups is 1. The predicted octanol–water partition coefficient (Wildman–Crippen LogP) is -0.420. The summed E-state index contributed by atoms with van der Waals surface area (Å²) in [5, 5.41) is 15.8. The van der Waals surface area contributed by atoms with Crippen molar-refractivity contribution in [1.82, 2.24) is 15.6 Å². The summed E-state index contributed by atoms with van der Waals surface area (Å²) in [5.41, 5.74) is 4.72.